The fourth-order valence-corrected chi connectivity index (χ4v) is 3.25. The molecule has 0 spiro atoms. The Balaban J connectivity index is 1.76. The maximum atomic E-state index is 11.0. The van der Waals surface area contributed by atoms with Gasteiger partial charge in [-0.2, -0.15) is 0 Å². The topological polar surface area (TPSA) is 47.0 Å². The molecule has 0 aromatic rings. The zero-order chi connectivity index (χ0) is 13.8. The van der Waals surface area contributed by atoms with Gasteiger partial charge >= 0.3 is 5.97 Å². The number of carbonyl (C=O) groups is 1. The summed E-state index contributed by atoms with van der Waals surface area (Å²) in [6, 6.07) is 0.370. The van der Waals surface area contributed by atoms with Crippen molar-refractivity contribution in [2.75, 3.05) is 45.8 Å². The van der Waals surface area contributed by atoms with Crippen molar-refractivity contribution in [2.45, 2.75) is 38.8 Å². The largest absolute Gasteiger partial charge is 0.480 e. The van der Waals surface area contributed by atoms with Crippen LogP contribution in [0.2, 0.25) is 0 Å². The fraction of sp³-hybridized carbons (Fsp3) is 0.929. The molecule has 2 saturated heterocycles. The van der Waals surface area contributed by atoms with E-state index in [0.29, 0.717) is 6.04 Å². The number of likely N-dealkylation sites (tertiary alicyclic amines) is 1. The molecule has 2 fully saturated rings. The van der Waals surface area contributed by atoms with E-state index in [2.05, 4.69) is 21.6 Å². The lowest BCUT2D eigenvalue weighted by Gasteiger charge is -2.43. The Kier molecular flexibility index (Phi) is 5.19. The van der Waals surface area contributed by atoms with Crippen LogP contribution in [0.5, 0.6) is 0 Å². The third-order valence-electron chi connectivity index (χ3n) is 4.77. The summed E-state index contributed by atoms with van der Waals surface area (Å²) < 4.78 is 0. The third kappa shape index (κ3) is 3.68. The zero-order valence-electron chi connectivity index (χ0n) is 12.2. The standard InChI is InChI=1S/C14H27N3O2/c1-3-15-6-4-13(5-7-15)17-10-8-16(9-11-17)12(2)14(18)19/h12-13H,3-11H2,1-2H3,(H,18,19). The molecule has 0 aromatic heterocycles. The average Bonchev–Trinajstić information content (AvgIpc) is 2.46. The predicted molar refractivity (Wildman–Crippen MR) is 75.4 cm³/mol. The first-order valence-corrected chi connectivity index (χ1v) is 7.55. The molecule has 5 heteroatoms. The lowest BCUT2D eigenvalue weighted by Crippen LogP contribution is -2.55. The highest BCUT2D eigenvalue weighted by atomic mass is 16.4. The van der Waals surface area contributed by atoms with Crippen LogP contribution < -0.4 is 0 Å². The van der Waals surface area contributed by atoms with E-state index < -0.39 is 5.97 Å². The second-order valence-corrected chi connectivity index (χ2v) is 5.75. The van der Waals surface area contributed by atoms with Gasteiger partial charge in [-0.25, -0.2) is 0 Å². The van der Waals surface area contributed by atoms with Crippen LogP contribution in [0.25, 0.3) is 0 Å². The van der Waals surface area contributed by atoms with Gasteiger partial charge in [0.25, 0.3) is 0 Å². The van der Waals surface area contributed by atoms with Gasteiger partial charge in [-0.1, -0.05) is 6.92 Å². The Morgan fingerprint density at radius 3 is 2.21 bits per heavy atom. The molecule has 2 heterocycles. The first kappa shape index (κ1) is 14.8. The van der Waals surface area contributed by atoms with E-state index in [-0.39, 0.29) is 6.04 Å². The van der Waals surface area contributed by atoms with Crippen molar-refractivity contribution in [2.24, 2.45) is 0 Å². The van der Waals surface area contributed by atoms with Crippen LogP contribution in [0.4, 0.5) is 0 Å². The molecule has 1 atom stereocenters. The first-order chi connectivity index (χ1) is 9.11. The van der Waals surface area contributed by atoms with Crippen molar-refractivity contribution in [3.8, 4) is 0 Å². The van der Waals surface area contributed by atoms with Crippen molar-refractivity contribution >= 4 is 5.97 Å². The van der Waals surface area contributed by atoms with E-state index in [1.807, 2.05) is 0 Å². The van der Waals surface area contributed by atoms with E-state index in [1.54, 1.807) is 6.92 Å². The van der Waals surface area contributed by atoms with Crippen molar-refractivity contribution in [3.63, 3.8) is 0 Å². The molecule has 2 rings (SSSR count). The molecule has 110 valence electrons. The molecule has 0 bridgehead atoms. The maximum absolute atomic E-state index is 11.0. The van der Waals surface area contributed by atoms with Crippen LogP contribution in [0.15, 0.2) is 0 Å². The molecule has 0 aliphatic carbocycles. The molecule has 2 aliphatic heterocycles. The molecule has 1 N–H and O–H groups in total. The number of piperidine rings is 1. The minimum Gasteiger partial charge on any atom is -0.480 e. The minimum absolute atomic E-state index is 0.343. The van der Waals surface area contributed by atoms with Crippen molar-refractivity contribution in [1.82, 2.24) is 14.7 Å². The van der Waals surface area contributed by atoms with E-state index in [0.717, 1.165) is 32.7 Å². The lowest BCUT2D eigenvalue weighted by molar-refractivity contribution is -0.143. The van der Waals surface area contributed by atoms with Gasteiger partial charge in [-0.05, 0) is 39.4 Å². The summed E-state index contributed by atoms with van der Waals surface area (Å²) >= 11 is 0. The molecule has 5 nitrogen and oxygen atoms in total. The second-order valence-electron chi connectivity index (χ2n) is 5.75. The fourth-order valence-electron chi connectivity index (χ4n) is 3.25. The Bertz CT molecular complexity index is 295. The third-order valence-corrected chi connectivity index (χ3v) is 4.77. The molecule has 19 heavy (non-hydrogen) atoms. The molecule has 0 radical (unpaired) electrons. The number of carboxylic acids is 1. The highest BCUT2D eigenvalue weighted by Crippen LogP contribution is 2.18. The summed E-state index contributed by atoms with van der Waals surface area (Å²) in [5.74, 6) is -0.704. The summed E-state index contributed by atoms with van der Waals surface area (Å²) in [5.41, 5.74) is 0. The normalized spacial score (nSPS) is 26.4. The van der Waals surface area contributed by atoms with Gasteiger partial charge in [0.2, 0.25) is 0 Å². The molecular formula is C14H27N3O2. The number of hydrogen-bond acceptors (Lipinski definition) is 4. The average molecular weight is 269 g/mol. The highest BCUT2D eigenvalue weighted by Gasteiger charge is 2.29. The van der Waals surface area contributed by atoms with E-state index >= 15 is 0 Å². The van der Waals surface area contributed by atoms with Gasteiger partial charge in [0.15, 0.2) is 0 Å². The van der Waals surface area contributed by atoms with Gasteiger partial charge in [0.1, 0.15) is 6.04 Å². The number of nitrogens with zero attached hydrogens (tertiary/aromatic N) is 3. The Morgan fingerprint density at radius 2 is 1.74 bits per heavy atom. The number of aliphatic carboxylic acids is 1. The monoisotopic (exact) mass is 269 g/mol. The second kappa shape index (κ2) is 6.68. The smallest absolute Gasteiger partial charge is 0.320 e. The van der Waals surface area contributed by atoms with Gasteiger partial charge in [-0.3, -0.25) is 14.6 Å². The quantitative estimate of drug-likeness (QED) is 0.808. The number of hydrogen-bond donors (Lipinski definition) is 1. The van der Waals surface area contributed by atoms with E-state index in [9.17, 15) is 4.79 Å². The van der Waals surface area contributed by atoms with Crippen LogP contribution in [0.1, 0.15) is 26.7 Å². The summed E-state index contributed by atoms with van der Waals surface area (Å²) in [7, 11) is 0. The van der Waals surface area contributed by atoms with Gasteiger partial charge < -0.3 is 10.0 Å². The highest BCUT2D eigenvalue weighted by molar-refractivity contribution is 5.72. The molecule has 0 saturated carbocycles. The number of carboxylic acid groups (broad SMARTS) is 1. The summed E-state index contributed by atoms with van der Waals surface area (Å²) in [6.07, 6.45) is 2.53. The van der Waals surface area contributed by atoms with Crippen molar-refractivity contribution < 1.29 is 9.90 Å². The van der Waals surface area contributed by atoms with Crippen molar-refractivity contribution in [3.05, 3.63) is 0 Å². The number of rotatable bonds is 4. The van der Waals surface area contributed by atoms with Crippen LogP contribution in [-0.4, -0.2) is 83.7 Å². The summed E-state index contributed by atoms with van der Waals surface area (Å²) in [4.78, 5) is 18.2. The molecule has 2 aliphatic rings. The zero-order valence-corrected chi connectivity index (χ0v) is 12.2. The SMILES string of the molecule is CCN1CCC(N2CCN(C(C)C(=O)O)CC2)CC1. The lowest BCUT2D eigenvalue weighted by atomic mass is 10.0. The summed E-state index contributed by atoms with van der Waals surface area (Å²) in [5, 5.41) is 9.04. The Hall–Kier alpha value is -0.650. The van der Waals surface area contributed by atoms with Crippen LogP contribution in [-0.2, 0) is 4.79 Å². The maximum Gasteiger partial charge on any atom is 0.320 e. The van der Waals surface area contributed by atoms with Crippen LogP contribution in [0, 0.1) is 0 Å². The van der Waals surface area contributed by atoms with Crippen LogP contribution >= 0.6 is 0 Å². The molecule has 1 unspecified atom stereocenters. The predicted octanol–water partition coefficient (Wildman–Crippen LogP) is 0.561. The van der Waals surface area contributed by atoms with Gasteiger partial charge in [0, 0.05) is 32.2 Å². The Labute approximate surface area is 116 Å². The van der Waals surface area contributed by atoms with Crippen LogP contribution in [0.3, 0.4) is 0 Å². The first-order valence-electron chi connectivity index (χ1n) is 7.55. The van der Waals surface area contributed by atoms with E-state index in [4.69, 9.17) is 5.11 Å². The van der Waals surface area contributed by atoms with E-state index in [1.165, 1.54) is 25.9 Å². The van der Waals surface area contributed by atoms with Gasteiger partial charge in [0.05, 0.1) is 0 Å². The molecule has 0 amide bonds. The molecular weight excluding hydrogens is 242 g/mol. The van der Waals surface area contributed by atoms with Crippen molar-refractivity contribution in [1.29, 1.82) is 0 Å². The van der Waals surface area contributed by atoms with Gasteiger partial charge in [-0.15, -0.1) is 0 Å². The number of piperazine rings is 1. The summed E-state index contributed by atoms with van der Waals surface area (Å²) in [6.45, 7) is 11.4. The molecule has 0 aromatic carbocycles. The Morgan fingerprint density at radius 1 is 1.16 bits per heavy atom. The minimum atomic E-state index is -0.704.